The molecule has 1 aliphatic rings. The van der Waals surface area contributed by atoms with Crippen molar-refractivity contribution in [2.24, 2.45) is 5.41 Å². The number of nitrogens with one attached hydrogen (secondary N) is 2. The van der Waals surface area contributed by atoms with E-state index in [0.717, 1.165) is 12.8 Å². The summed E-state index contributed by atoms with van der Waals surface area (Å²) >= 11 is 1.90. The van der Waals surface area contributed by atoms with Gasteiger partial charge in [0.05, 0.1) is 0 Å². The molecule has 2 atom stereocenters. The van der Waals surface area contributed by atoms with Gasteiger partial charge in [-0.15, -0.1) is 0 Å². The molecular formula is C14H28N2O2S. The Bertz CT molecular complexity index is 285. The fourth-order valence-electron chi connectivity index (χ4n) is 2.44. The van der Waals surface area contributed by atoms with Crippen LogP contribution in [0, 0.1) is 5.41 Å². The molecule has 4 nitrogen and oxygen atoms in total. The van der Waals surface area contributed by atoms with Crippen molar-refractivity contribution in [1.82, 2.24) is 10.6 Å². The number of aliphatic hydroxyl groups is 1. The van der Waals surface area contributed by atoms with Crippen LogP contribution in [0.2, 0.25) is 0 Å². The van der Waals surface area contributed by atoms with Crippen LogP contribution in [0.5, 0.6) is 0 Å². The van der Waals surface area contributed by atoms with Gasteiger partial charge in [0.15, 0.2) is 0 Å². The molecule has 3 N–H and O–H groups in total. The van der Waals surface area contributed by atoms with E-state index in [9.17, 15) is 4.79 Å². The Morgan fingerprint density at radius 2 is 2.16 bits per heavy atom. The highest BCUT2D eigenvalue weighted by atomic mass is 32.2. The maximum absolute atomic E-state index is 11.9. The fraction of sp³-hybridized carbons (Fsp3) is 0.929. The number of carbonyl (C=O) groups excluding carboxylic acids is 1. The number of hydrogen-bond donors (Lipinski definition) is 3. The molecule has 0 bridgehead atoms. The molecule has 0 spiro atoms. The van der Waals surface area contributed by atoms with Gasteiger partial charge in [-0.05, 0) is 37.4 Å². The van der Waals surface area contributed by atoms with Crippen molar-refractivity contribution in [2.45, 2.75) is 57.2 Å². The molecule has 1 aliphatic carbocycles. The Balaban J connectivity index is 2.27. The largest absolute Gasteiger partial charge is 0.396 e. The minimum absolute atomic E-state index is 0.0551. The predicted octanol–water partition coefficient (Wildman–Crippen LogP) is 2.37. The number of amides is 2. The van der Waals surface area contributed by atoms with Crippen molar-refractivity contribution in [2.75, 3.05) is 19.4 Å². The van der Waals surface area contributed by atoms with Crippen LogP contribution >= 0.6 is 11.8 Å². The molecule has 0 heterocycles. The quantitative estimate of drug-likeness (QED) is 0.703. The third-order valence-corrected chi connectivity index (χ3v) is 4.91. The Morgan fingerprint density at radius 3 is 2.79 bits per heavy atom. The first-order chi connectivity index (χ1) is 8.96. The van der Waals surface area contributed by atoms with Crippen LogP contribution in [0.3, 0.4) is 0 Å². The van der Waals surface area contributed by atoms with Gasteiger partial charge in [-0.2, -0.15) is 11.8 Å². The van der Waals surface area contributed by atoms with Crippen LogP contribution in [-0.2, 0) is 0 Å². The van der Waals surface area contributed by atoms with E-state index in [4.69, 9.17) is 5.11 Å². The van der Waals surface area contributed by atoms with Crippen LogP contribution in [0.4, 0.5) is 4.79 Å². The summed E-state index contributed by atoms with van der Waals surface area (Å²) in [7, 11) is 0. The van der Waals surface area contributed by atoms with E-state index < -0.39 is 0 Å². The molecule has 2 unspecified atom stereocenters. The van der Waals surface area contributed by atoms with Gasteiger partial charge >= 0.3 is 6.03 Å². The maximum atomic E-state index is 11.9. The molecular weight excluding hydrogens is 260 g/mol. The molecule has 1 fully saturated rings. The van der Waals surface area contributed by atoms with Gasteiger partial charge in [0.25, 0.3) is 0 Å². The summed E-state index contributed by atoms with van der Waals surface area (Å²) < 4.78 is 0. The number of hydrogen-bond acceptors (Lipinski definition) is 3. The zero-order valence-electron chi connectivity index (χ0n) is 12.4. The van der Waals surface area contributed by atoms with Gasteiger partial charge in [0.1, 0.15) is 0 Å². The monoisotopic (exact) mass is 288 g/mol. The summed E-state index contributed by atoms with van der Waals surface area (Å²) in [4.78, 5) is 11.9. The summed E-state index contributed by atoms with van der Waals surface area (Å²) in [5, 5.41) is 15.6. The molecule has 0 aromatic rings. The molecule has 5 heteroatoms. The van der Waals surface area contributed by atoms with Crippen molar-refractivity contribution >= 4 is 17.8 Å². The topological polar surface area (TPSA) is 61.4 Å². The minimum atomic E-state index is -0.0715. The summed E-state index contributed by atoms with van der Waals surface area (Å²) in [5.41, 5.74) is -0.0551. The number of rotatable bonds is 6. The van der Waals surface area contributed by atoms with Crippen molar-refractivity contribution < 1.29 is 9.90 Å². The van der Waals surface area contributed by atoms with E-state index in [1.165, 1.54) is 12.8 Å². The normalized spacial score (nSPS) is 24.0. The van der Waals surface area contributed by atoms with Gasteiger partial charge in [0.2, 0.25) is 0 Å². The van der Waals surface area contributed by atoms with Crippen LogP contribution in [-0.4, -0.2) is 41.8 Å². The molecule has 0 aromatic heterocycles. The Kier molecular flexibility index (Phi) is 7.00. The highest BCUT2D eigenvalue weighted by Crippen LogP contribution is 2.26. The van der Waals surface area contributed by atoms with Crippen molar-refractivity contribution in [1.29, 1.82) is 0 Å². The molecule has 1 saturated carbocycles. The van der Waals surface area contributed by atoms with E-state index in [1.54, 1.807) is 0 Å². The summed E-state index contributed by atoms with van der Waals surface area (Å²) in [5.74, 6) is 0. The van der Waals surface area contributed by atoms with E-state index in [-0.39, 0.29) is 18.1 Å². The lowest BCUT2D eigenvalue weighted by atomic mass is 9.90. The molecule has 0 saturated heterocycles. The van der Waals surface area contributed by atoms with Crippen molar-refractivity contribution in [3.8, 4) is 0 Å². The predicted molar refractivity (Wildman–Crippen MR) is 81.6 cm³/mol. The van der Waals surface area contributed by atoms with Gasteiger partial charge in [-0.25, -0.2) is 4.79 Å². The SMILES string of the molecule is CSC1CCCC(NC(=O)NCC(C)(C)CCO)C1. The molecule has 112 valence electrons. The Labute approximate surface area is 121 Å². The van der Waals surface area contributed by atoms with Gasteiger partial charge < -0.3 is 15.7 Å². The lowest BCUT2D eigenvalue weighted by Gasteiger charge is -2.29. The van der Waals surface area contributed by atoms with Crippen molar-refractivity contribution in [3.63, 3.8) is 0 Å². The van der Waals surface area contributed by atoms with Gasteiger partial charge in [0, 0.05) is 24.4 Å². The molecule has 1 rings (SSSR count). The van der Waals surface area contributed by atoms with Crippen LogP contribution < -0.4 is 10.6 Å². The standard InChI is InChI=1S/C14H28N2O2S/c1-14(2,7-8-17)10-15-13(18)16-11-5-4-6-12(9-11)19-3/h11-12,17H,4-10H2,1-3H3,(H2,15,16,18). The highest BCUT2D eigenvalue weighted by Gasteiger charge is 2.23. The summed E-state index contributed by atoms with van der Waals surface area (Å²) in [6, 6.07) is 0.241. The first-order valence-corrected chi connectivity index (χ1v) is 8.43. The summed E-state index contributed by atoms with van der Waals surface area (Å²) in [6.45, 7) is 4.86. The average molecular weight is 288 g/mol. The van der Waals surface area contributed by atoms with E-state index in [0.29, 0.717) is 24.3 Å². The van der Waals surface area contributed by atoms with E-state index >= 15 is 0 Å². The lowest BCUT2D eigenvalue weighted by Crippen LogP contribution is -2.46. The Morgan fingerprint density at radius 1 is 1.42 bits per heavy atom. The first-order valence-electron chi connectivity index (χ1n) is 7.15. The number of urea groups is 1. The van der Waals surface area contributed by atoms with Crippen LogP contribution in [0.25, 0.3) is 0 Å². The fourth-order valence-corrected chi connectivity index (χ4v) is 3.26. The zero-order valence-corrected chi connectivity index (χ0v) is 13.2. The second-order valence-electron chi connectivity index (χ2n) is 6.19. The second-order valence-corrected chi connectivity index (χ2v) is 7.32. The van der Waals surface area contributed by atoms with E-state index in [1.807, 2.05) is 25.6 Å². The van der Waals surface area contributed by atoms with Crippen LogP contribution in [0.15, 0.2) is 0 Å². The smallest absolute Gasteiger partial charge is 0.315 e. The lowest BCUT2D eigenvalue weighted by molar-refractivity contribution is 0.199. The van der Waals surface area contributed by atoms with E-state index in [2.05, 4.69) is 16.9 Å². The van der Waals surface area contributed by atoms with Gasteiger partial charge in [-0.3, -0.25) is 0 Å². The number of thioether (sulfide) groups is 1. The Hall–Kier alpha value is -0.420. The number of aliphatic hydroxyl groups excluding tert-OH is 1. The van der Waals surface area contributed by atoms with Crippen LogP contribution in [0.1, 0.15) is 46.0 Å². The number of carbonyl (C=O) groups is 1. The zero-order chi connectivity index (χ0) is 14.3. The molecule has 0 aliphatic heterocycles. The third-order valence-electron chi connectivity index (χ3n) is 3.81. The minimum Gasteiger partial charge on any atom is -0.396 e. The third kappa shape index (κ3) is 6.52. The first kappa shape index (κ1) is 16.6. The summed E-state index contributed by atoms with van der Waals surface area (Å²) in [6.07, 6.45) is 7.48. The van der Waals surface area contributed by atoms with Gasteiger partial charge in [-0.1, -0.05) is 20.3 Å². The second kappa shape index (κ2) is 8.00. The molecule has 2 amide bonds. The average Bonchev–Trinajstić information content (AvgIpc) is 2.37. The maximum Gasteiger partial charge on any atom is 0.315 e. The van der Waals surface area contributed by atoms with Crippen molar-refractivity contribution in [3.05, 3.63) is 0 Å². The molecule has 19 heavy (non-hydrogen) atoms. The highest BCUT2D eigenvalue weighted by molar-refractivity contribution is 7.99. The molecule has 0 aromatic carbocycles. The molecule has 0 radical (unpaired) electrons.